The van der Waals surface area contributed by atoms with Crippen LogP contribution >= 0.6 is 0 Å². The van der Waals surface area contributed by atoms with E-state index >= 15 is 0 Å². The fourth-order valence-electron chi connectivity index (χ4n) is 3.72. The van der Waals surface area contributed by atoms with Gasteiger partial charge >= 0.3 is 0 Å². The number of nitrogens with zero attached hydrogens (tertiary/aromatic N) is 2. The Labute approximate surface area is 147 Å². The molecule has 1 atom stereocenters. The highest BCUT2D eigenvalue weighted by molar-refractivity contribution is 5.99. The molecule has 6 nitrogen and oxygen atoms in total. The Hall–Kier alpha value is -2.37. The van der Waals surface area contributed by atoms with E-state index in [-0.39, 0.29) is 23.6 Å². The molecule has 1 saturated carbocycles. The summed E-state index contributed by atoms with van der Waals surface area (Å²) in [6.45, 7) is 1.34. The van der Waals surface area contributed by atoms with Crippen molar-refractivity contribution in [3.05, 3.63) is 23.8 Å². The van der Waals surface area contributed by atoms with Crippen LogP contribution in [0.3, 0.4) is 0 Å². The molecule has 0 bridgehead atoms. The van der Waals surface area contributed by atoms with Crippen LogP contribution < -0.4 is 10.2 Å². The van der Waals surface area contributed by atoms with Crippen LogP contribution in [0.1, 0.15) is 31.2 Å². The third kappa shape index (κ3) is 3.25. The molecule has 25 heavy (non-hydrogen) atoms. The van der Waals surface area contributed by atoms with E-state index in [1.807, 2.05) is 23.1 Å². The largest absolute Gasteiger partial charge is 0.342 e. The number of carbonyl (C=O) groups is 3. The Balaban J connectivity index is 1.41. The molecule has 2 heterocycles. The molecule has 0 aromatic heterocycles. The lowest BCUT2D eigenvalue weighted by molar-refractivity contribution is -0.128. The molecule has 2 aliphatic heterocycles. The van der Waals surface area contributed by atoms with Gasteiger partial charge in [-0.2, -0.15) is 0 Å². The second-order valence-corrected chi connectivity index (χ2v) is 7.43. The van der Waals surface area contributed by atoms with Gasteiger partial charge in [0.2, 0.25) is 17.7 Å². The molecule has 1 aromatic carbocycles. The zero-order valence-corrected chi connectivity index (χ0v) is 14.5. The minimum atomic E-state index is -0.272. The first kappa shape index (κ1) is 16.1. The zero-order chi connectivity index (χ0) is 17.6. The summed E-state index contributed by atoms with van der Waals surface area (Å²) in [7, 11) is 1.77. The van der Waals surface area contributed by atoms with Crippen molar-refractivity contribution >= 4 is 29.1 Å². The van der Waals surface area contributed by atoms with Crippen LogP contribution in [-0.4, -0.2) is 42.8 Å². The maximum atomic E-state index is 12.5. The number of fused-ring (bicyclic) bond motifs is 1. The normalized spacial score (nSPS) is 23.0. The summed E-state index contributed by atoms with van der Waals surface area (Å²) in [5.41, 5.74) is 2.71. The van der Waals surface area contributed by atoms with Crippen LogP contribution in [0.15, 0.2) is 18.2 Å². The van der Waals surface area contributed by atoms with Gasteiger partial charge in [0.05, 0.1) is 5.92 Å². The summed E-state index contributed by atoms with van der Waals surface area (Å²) in [6, 6.07) is 5.64. The van der Waals surface area contributed by atoms with Crippen molar-refractivity contribution in [2.24, 2.45) is 11.8 Å². The lowest BCUT2D eigenvalue weighted by Gasteiger charge is -2.26. The Morgan fingerprint density at radius 2 is 2.00 bits per heavy atom. The predicted octanol–water partition coefficient (Wildman–Crippen LogP) is 1.79. The smallest absolute Gasteiger partial charge is 0.229 e. The molecule has 6 heteroatoms. The molecule has 1 N–H and O–H groups in total. The molecule has 0 unspecified atom stereocenters. The Morgan fingerprint density at radius 3 is 2.76 bits per heavy atom. The molecule has 0 spiro atoms. The third-order valence-corrected chi connectivity index (χ3v) is 5.45. The third-order valence-electron chi connectivity index (χ3n) is 5.45. The van der Waals surface area contributed by atoms with Gasteiger partial charge in [-0.25, -0.2) is 0 Å². The molecular weight excluding hydrogens is 318 g/mol. The fourth-order valence-corrected chi connectivity index (χ4v) is 3.72. The first-order chi connectivity index (χ1) is 12.0. The van der Waals surface area contributed by atoms with Gasteiger partial charge in [-0.15, -0.1) is 0 Å². The highest BCUT2D eigenvalue weighted by atomic mass is 16.2. The highest BCUT2D eigenvalue weighted by Crippen LogP contribution is 2.33. The van der Waals surface area contributed by atoms with Gasteiger partial charge in [-0.1, -0.05) is 0 Å². The van der Waals surface area contributed by atoms with E-state index in [0.717, 1.165) is 23.5 Å². The van der Waals surface area contributed by atoms with E-state index in [1.165, 1.54) is 12.8 Å². The summed E-state index contributed by atoms with van der Waals surface area (Å²) < 4.78 is 0. The molecule has 3 aliphatic rings. The number of aryl methyl sites for hydroxylation is 1. The monoisotopic (exact) mass is 341 g/mol. The topological polar surface area (TPSA) is 69.7 Å². The number of nitrogens with one attached hydrogen (secondary N) is 1. The Kier molecular flexibility index (Phi) is 3.98. The quantitative estimate of drug-likeness (QED) is 0.908. The summed E-state index contributed by atoms with van der Waals surface area (Å²) in [6.07, 6.45) is 3.90. The van der Waals surface area contributed by atoms with Crippen LogP contribution in [0.25, 0.3) is 0 Å². The maximum Gasteiger partial charge on any atom is 0.229 e. The van der Waals surface area contributed by atoms with Crippen molar-refractivity contribution in [3.8, 4) is 0 Å². The highest BCUT2D eigenvalue weighted by Gasteiger charge is 2.37. The van der Waals surface area contributed by atoms with E-state index in [4.69, 9.17) is 0 Å². The average molecular weight is 341 g/mol. The van der Waals surface area contributed by atoms with Crippen molar-refractivity contribution in [1.82, 2.24) is 4.90 Å². The van der Waals surface area contributed by atoms with Crippen molar-refractivity contribution in [3.63, 3.8) is 0 Å². The Bertz CT molecular complexity index is 741. The van der Waals surface area contributed by atoms with E-state index in [1.54, 1.807) is 11.9 Å². The van der Waals surface area contributed by atoms with Crippen molar-refractivity contribution in [2.75, 3.05) is 30.4 Å². The first-order valence-electron chi connectivity index (χ1n) is 8.99. The lowest BCUT2D eigenvalue weighted by atomic mass is 10.0. The van der Waals surface area contributed by atoms with E-state index in [2.05, 4.69) is 5.32 Å². The standard InChI is InChI=1S/C19H23N3O3/c1-21-16-6-5-15(8-13(16)4-7-17(21)23)20-19(25)14-9-18(24)22(11-14)10-12-2-3-12/h5-6,8,12,14H,2-4,7,9-11H2,1H3,(H,20,25)/t14-/m1/s1. The second-order valence-electron chi connectivity index (χ2n) is 7.43. The summed E-state index contributed by atoms with van der Waals surface area (Å²) in [4.78, 5) is 39.9. The number of carbonyl (C=O) groups excluding carboxylic acids is 3. The SMILES string of the molecule is CN1C(=O)CCc2cc(NC(=O)[C@@H]3CC(=O)N(CC4CC4)C3)ccc21. The van der Waals surface area contributed by atoms with E-state index in [0.29, 0.717) is 31.7 Å². The first-order valence-corrected chi connectivity index (χ1v) is 8.99. The van der Waals surface area contributed by atoms with Gasteiger partial charge in [-0.3, -0.25) is 14.4 Å². The molecule has 1 saturated heterocycles. The van der Waals surface area contributed by atoms with Crippen molar-refractivity contribution < 1.29 is 14.4 Å². The molecule has 2 fully saturated rings. The summed E-state index contributed by atoms with van der Waals surface area (Å²) in [5, 5.41) is 2.95. The zero-order valence-electron chi connectivity index (χ0n) is 14.5. The van der Waals surface area contributed by atoms with Gasteiger partial charge in [0.25, 0.3) is 0 Å². The van der Waals surface area contributed by atoms with E-state index in [9.17, 15) is 14.4 Å². The van der Waals surface area contributed by atoms with Crippen LogP contribution in [0.5, 0.6) is 0 Å². The van der Waals surface area contributed by atoms with Gasteiger partial charge < -0.3 is 15.1 Å². The molecule has 1 aromatic rings. The molecule has 3 amide bonds. The van der Waals surface area contributed by atoms with Gasteiger partial charge in [0.15, 0.2) is 0 Å². The number of benzene rings is 1. The van der Waals surface area contributed by atoms with Crippen LogP contribution in [0, 0.1) is 11.8 Å². The van der Waals surface area contributed by atoms with Crippen molar-refractivity contribution in [2.45, 2.75) is 32.1 Å². The number of anilines is 2. The van der Waals surface area contributed by atoms with Crippen LogP contribution in [0.2, 0.25) is 0 Å². The number of amides is 3. The minimum Gasteiger partial charge on any atom is -0.342 e. The second kappa shape index (κ2) is 6.17. The lowest BCUT2D eigenvalue weighted by Crippen LogP contribution is -2.31. The Morgan fingerprint density at radius 1 is 1.20 bits per heavy atom. The van der Waals surface area contributed by atoms with Gasteiger partial charge in [0, 0.05) is 44.4 Å². The van der Waals surface area contributed by atoms with Gasteiger partial charge in [0.1, 0.15) is 0 Å². The summed E-state index contributed by atoms with van der Waals surface area (Å²) >= 11 is 0. The molecule has 132 valence electrons. The molecular formula is C19H23N3O3. The number of rotatable bonds is 4. The maximum absolute atomic E-state index is 12.5. The van der Waals surface area contributed by atoms with Crippen LogP contribution in [-0.2, 0) is 20.8 Å². The van der Waals surface area contributed by atoms with E-state index < -0.39 is 0 Å². The molecule has 4 rings (SSSR count). The molecule has 0 radical (unpaired) electrons. The predicted molar refractivity (Wildman–Crippen MR) is 94.2 cm³/mol. The fraction of sp³-hybridized carbons (Fsp3) is 0.526. The molecule has 1 aliphatic carbocycles. The van der Waals surface area contributed by atoms with Crippen molar-refractivity contribution in [1.29, 1.82) is 0 Å². The minimum absolute atomic E-state index is 0.0909. The van der Waals surface area contributed by atoms with Crippen LogP contribution in [0.4, 0.5) is 11.4 Å². The number of hydrogen-bond acceptors (Lipinski definition) is 3. The summed E-state index contributed by atoms with van der Waals surface area (Å²) in [5.74, 6) is 0.492. The average Bonchev–Trinajstić information content (AvgIpc) is 3.33. The van der Waals surface area contributed by atoms with Gasteiger partial charge in [-0.05, 0) is 48.9 Å². The number of likely N-dealkylation sites (tertiary alicyclic amines) is 1. The number of hydrogen-bond donors (Lipinski definition) is 1.